The summed E-state index contributed by atoms with van der Waals surface area (Å²) in [6.07, 6.45) is 0.521. The van der Waals surface area contributed by atoms with E-state index in [1.807, 2.05) is 6.92 Å². The number of alkyl halides is 3. The zero-order valence-corrected chi connectivity index (χ0v) is 17.2. The standard InChI is InChI=1S/C21H21F3N4OS/c1-13-16(19(29)25-11-14-5-7-15(8-6-14)21(22,23)24)17-18(26-12-27-20(17)30-13)28-9-3-2-4-10-28/h5-8,12H,2-4,9-11H2,1H3,(H,25,29). The molecule has 1 amide bonds. The van der Waals surface area contributed by atoms with Crippen LogP contribution in [0.15, 0.2) is 30.6 Å². The summed E-state index contributed by atoms with van der Waals surface area (Å²) in [6, 6.07) is 4.80. The Kier molecular flexibility index (Phi) is 5.64. The zero-order chi connectivity index (χ0) is 21.3. The van der Waals surface area contributed by atoms with Gasteiger partial charge < -0.3 is 10.2 Å². The van der Waals surface area contributed by atoms with Gasteiger partial charge in [-0.15, -0.1) is 11.3 Å². The number of aryl methyl sites for hydroxylation is 1. The van der Waals surface area contributed by atoms with Gasteiger partial charge in [-0.2, -0.15) is 13.2 Å². The minimum absolute atomic E-state index is 0.139. The molecular formula is C21H21F3N4OS. The topological polar surface area (TPSA) is 58.1 Å². The molecule has 1 fully saturated rings. The SMILES string of the molecule is Cc1sc2ncnc(N3CCCCC3)c2c1C(=O)NCc1ccc(C(F)(F)F)cc1. The van der Waals surface area contributed by atoms with Crippen molar-refractivity contribution < 1.29 is 18.0 Å². The van der Waals surface area contributed by atoms with Crippen LogP contribution in [0.1, 0.15) is 45.6 Å². The Balaban J connectivity index is 1.58. The number of amides is 1. The van der Waals surface area contributed by atoms with Crippen molar-refractivity contribution >= 4 is 33.3 Å². The van der Waals surface area contributed by atoms with Crippen LogP contribution in [0.5, 0.6) is 0 Å². The van der Waals surface area contributed by atoms with Crippen molar-refractivity contribution in [2.45, 2.75) is 38.9 Å². The molecule has 30 heavy (non-hydrogen) atoms. The number of benzene rings is 1. The summed E-state index contributed by atoms with van der Waals surface area (Å²) < 4.78 is 38.2. The Bertz CT molecular complexity index is 1060. The molecule has 1 aromatic carbocycles. The number of halogens is 3. The van der Waals surface area contributed by atoms with Crippen molar-refractivity contribution in [1.82, 2.24) is 15.3 Å². The molecule has 0 saturated carbocycles. The molecule has 1 aliphatic rings. The van der Waals surface area contributed by atoms with E-state index >= 15 is 0 Å². The predicted octanol–water partition coefficient (Wildman–Crippen LogP) is 4.94. The van der Waals surface area contributed by atoms with Crippen LogP contribution < -0.4 is 10.2 Å². The molecule has 0 unspecified atom stereocenters. The number of fused-ring (bicyclic) bond motifs is 1. The molecule has 2 aromatic heterocycles. The number of thiophene rings is 1. The Morgan fingerprint density at radius 2 is 1.83 bits per heavy atom. The predicted molar refractivity (Wildman–Crippen MR) is 111 cm³/mol. The van der Waals surface area contributed by atoms with Crippen LogP contribution in [0, 0.1) is 6.92 Å². The van der Waals surface area contributed by atoms with Crippen LogP contribution in [-0.2, 0) is 12.7 Å². The molecule has 1 N–H and O–H groups in total. The fourth-order valence-corrected chi connectivity index (χ4v) is 4.71. The molecule has 0 radical (unpaired) electrons. The van der Waals surface area contributed by atoms with Gasteiger partial charge in [0.15, 0.2) is 0 Å². The first kappa shape index (κ1) is 20.6. The van der Waals surface area contributed by atoms with Crippen molar-refractivity contribution in [2.24, 2.45) is 0 Å². The van der Waals surface area contributed by atoms with Crippen molar-refractivity contribution in [3.05, 3.63) is 52.2 Å². The minimum Gasteiger partial charge on any atom is -0.356 e. The van der Waals surface area contributed by atoms with E-state index in [2.05, 4.69) is 20.2 Å². The molecule has 0 bridgehead atoms. The summed E-state index contributed by atoms with van der Waals surface area (Å²) >= 11 is 1.45. The molecule has 0 atom stereocenters. The van der Waals surface area contributed by atoms with Crippen molar-refractivity contribution in [3.63, 3.8) is 0 Å². The number of rotatable bonds is 4. The van der Waals surface area contributed by atoms with Crippen LogP contribution in [-0.4, -0.2) is 29.0 Å². The third-order valence-electron chi connectivity index (χ3n) is 5.26. The molecule has 158 valence electrons. The maximum absolute atomic E-state index is 13.0. The average molecular weight is 434 g/mol. The Hall–Kier alpha value is -2.68. The number of anilines is 1. The van der Waals surface area contributed by atoms with E-state index in [1.165, 1.54) is 36.2 Å². The molecular weight excluding hydrogens is 413 g/mol. The lowest BCUT2D eigenvalue weighted by Crippen LogP contribution is -2.31. The summed E-state index contributed by atoms with van der Waals surface area (Å²) in [6.45, 7) is 3.81. The smallest absolute Gasteiger partial charge is 0.356 e. The maximum atomic E-state index is 13.0. The van der Waals surface area contributed by atoms with Crippen LogP contribution in [0.2, 0.25) is 0 Å². The molecule has 5 nitrogen and oxygen atoms in total. The second-order valence-corrected chi connectivity index (χ2v) is 8.54. The lowest BCUT2D eigenvalue weighted by Gasteiger charge is -2.28. The van der Waals surface area contributed by atoms with Gasteiger partial charge in [-0.1, -0.05) is 12.1 Å². The van der Waals surface area contributed by atoms with Crippen LogP contribution >= 0.6 is 11.3 Å². The highest BCUT2D eigenvalue weighted by molar-refractivity contribution is 7.19. The molecule has 0 aliphatic carbocycles. The number of hydrogen-bond acceptors (Lipinski definition) is 5. The number of hydrogen-bond donors (Lipinski definition) is 1. The number of piperidine rings is 1. The van der Waals surface area contributed by atoms with Crippen LogP contribution in [0.4, 0.5) is 19.0 Å². The van der Waals surface area contributed by atoms with E-state index in [1.54, 1.807) is 0 Å². The summed E-state index contributed by atoms with van der Waals surface area (Å²) in [5.41, 5.74) is 0.435. The Labute approximate surface area is 175 Å². The van der Waals surface area contributed by atoms with Gasteiger partial charge in [0, 0.05) is 24.5 Å². The highest BCUT2D eigenvalue weighted by Crippen LogP contribution is 2.36. The number of carbonyl (C=O) groups is 1. The molecule has 1 aliphatic heterocycles. The second kappa shape index (κ2) is 8.22. The summed E-state index contributed by atoms with van der Waals surface area (Å²) in [5.74, 6) is 0.510. The fraction of sp³-hybridized carbons (Fsp3) is 0.381. The van der Waals surface area contributed by atoms with Gasteiger partial charge in [-0.3, -0.25) is 4.79 Å². The summed E-state index contributed by atoms with van der Waals surface area (Å²) in [4.78, 5) is 25.6. The zero-order valence-electron chi connectivity index (χ0n) is 16.4. The van der Waals surface area contributed by atoms with E-state index in [9.17, 15) is 18.0 Å². The summed E-state index contributed by atoms with van der Waals surface area (Å²) in [5, 5.41) is 3.59. The van der Waals surface area contributed by atoms with Gasteiger partial charge >= 0.3 is 6.18 Å². The summed E-state index contributed by atoms with van der Waals surface area (Å²) in [7, 11) is 0. The van der Waals surface area contributed by atoms with Gasteiger partial charge in [0.2, 0.25) is 0 Å². The van der Waals surface area contributed by atoms with E-state index in [0.29, 0.717) is 11.1 Å². The molecule has 0 spiro atoms. The number of nitrogens with zero attached hydrogens (tertiary/aromatic N) is 3. The lowest BCUT2D eigenvalue weighted by atomic mass is 10.1. The van der Waals surface area contributed by atoms with Crippen molar-refractivity contribution in [3.8, 4) is 0 Å². The van der Waals surface area contributed by atoms with Crippen molar-refractivity contribution in [1.29, 1.82) is 0 Å². The second-order valence-electron chi connectivity index (χ2n) is 7.34. The van der Waals surface area contributed by atoms with Crippen LogP contribution in [0.3, 0.4) is 0 Å². The molecule has 3 heterocycles. The van der Waals surface area contributed by atoms with Crippen LogP contribution in [0.25, 0.3) is 10.2 Å². The van der Waals surface area contributed by atoms with Crippen molar-refractivity contribution in [2.75, 3.05) is 18.0 Å². The monoisotopic (exact) mass is 434 g/mol. The molecule has 4 rings (SSSR count). The average Bonchev–Trinajstić information content (AvgIpc) is 3.08. The number of carbonyl (C=O) groups excluding carboxylic acids is 1. The quantitative estimate of drug-likeness (QED) is 0.632. The highest BCUT2D eigenvalue weighted by Gasteiger charge is 2.30. The van der Waals surface area contributed by atoms with Gasteiger partial charge in [0.1, 0.15) is 17.0 Å². The number of aromatic nitrogens is 2. The van der Waals surface area contributed by atoms with Gasteiger partial charge in [-0.25, -0.2) is 9.97 Å². The number of nitrogens with one attached hydrogen (secondary N) is 1. The Morgan fingerprint density at radius 1 is 1.13 bits per heavy atom. The first-order chi connectivity index (χ1) is 14.3. The van der Waals surface area contributed by atoms with Gasteiger partial charge in [0.25, 0.3) is 5.91 Å². The third kappa shape index (κ3) is 4.12. The highest BCUT2D eigenvalue weighted by atomic mass is 32.1. The van der Waals surface area contributed by atoms with E-state index in [-0.39, 0.29) is 12.5 Å². The van der Waals surface area contributed by atoms with E-state index < -0.39 is 11.7 Å². The third-order valence-corrected chi connectivity index (χ3v) is 6.27. The molecule has 3 aromatic rings. The molecule has 9 heteroatoms. The minimum atomic E-state index is -4.38. The largest absolute Gasteiger partial charge is 0.416 e. The fourth-order valence-electron chi connectivity index (χ4n) is 3.73. The molecule has 1 saturated heterocycles. The first-order valence-corrected chi connectivity index (χ1v) is 10.6. The van der Waals surface area contributed by atoms with Gasteiger partial charge in [-0.05, 0) is 43.9 Å². The normalized spacial score (nSPS) is 14.9. The van der Waals surface area contributed by atoms with Gasteiger partial charge in [0.05, 0.1) is 16.5 Å². The van der Waals surface area contributed by atoms with E-state index in [4.69, 9.17) is 0 Å². The first-order valence-electron chi connectivity index (χ1n) is 9.78. The Morgan fingerprint density at radius 3 is 2.50 bits per heavy atom. The van der Waals surface area contributed by atoms with E-state index in [0.717, 1.165) is 59.0 Å². The lowest BCUT2D eigenvalue weighted by molar-refractivity contribution is -0.137. The maximum Gasteiger partial charge on any atom is 0.416 e.